The fraction of sp³-hybridized carbons (Fsp3) is 0.917. The van der Waals surface area contributed by atoms with E-state index in [9.17, 15) is 4.79 Å². The largest absolute Gasteiger partial charge is 0.380 e. The predicted molar refractivity (Wildman–Crippen MR) is 56.6 cm³/mol. The summed E-state index contributed by atoms with van der Waals surface area (Å²) in [5, 5.41) is 3.56. The molecule has 3 nitrogen and oxygen atoms in total. The van der Waals surface area contributed by atoms with E-state index >= 15 is 0 Å². The highest BCUT2D eigenvalue weighted by atomic mass is 16.5. The van der Waals surface area contributed by atoms with Gasteiger partial charge >= 0.3 is 0 Å². The number of hydrogen-bond donors (Lipinski definition) is 1. The van der Waals surface area contributed by atoms with Gasteiger partial charge in [-0.3, -0.25) is 4.79 Å². The molecule has 0 bridgehead atoms. The first-order valence-electron chi connectivity index (χ1n) is 6.20. The molecule has 3 aliphatic rings. The Balaban J connectivity index is 1.73. The highest BCUT2D eigenvalue weighted by Crippen LogP contribution is 2.40. The van der Waals surface area contributed by atoms with Crippen LogP contribution in [0, 0.1) is 17.8 Å². The summed E-state index contributed by atoms with van der Waals surface area (Å²) in [5.74, 6) is 2.16. The van der Waals surface area contributed by atoms with Crippen LogP contribution in [0.3, 0.4) is 0 Å². The molecule has 2 heterocycles. The maximum absolute atomic E-state index is 11.8. The van der Waals surface area contributed by atoms with Gasteiger partial charge in [-0.15, -0.1) is 0 Å². The Hall–Kier alpha value is -0.410. The van der Waals surface area contributed by atoms with E-state index in [4.69, 9.17) is 4.74 Å². The van der Waals surface area contributed by atoms with Crippen LogP contribution >= 0.6 is 0 Å². The minimum Gasteiger partial charge on any atom is -0.380 e. The molecule has 3 rings (SSSR count). The summed E-state index contributed by atoms with van der Waals surface area (Å²) in [5.41, 5.74) is 0. The van der Waals surface area contributed by atoms with Gasteiger partial charge in [0.1, 0.15) is 5.78 Å². The van der Waals surface area contributed by atoms with Crippen molar-refractivity contribution < 1.29 is 9.53 Å². The molecule has 2 saturated heterocycles. The Labute approximate surface area is 90.6 Å². The van der Waals surface area contributed by atoms with Crippen molar-refractivity contribution in [3.05, 3.63) is 0 Å². The number of ether oxygens (including phenoxy) is 1. The zero-order valence-electron chi connectivity index (χ0n) is 9.08. The number of rotatable bonds is 1. The first-order valence-corrected chi connectivity index (χ1v) is 6.20. The van der Waals surface area contributed by atoms with Crippen LogP contribution in [0.2, 0.25) is 0 Å². The summed E-state index contributed by atoms with van der Waals surface area (Å²) in [4.78, 5) is 11.8. The minimum absolute atomic E-state index is 0.145. The molecule has 2 aliphatic heterocycles. The van der Waals surface area contributed by atoms with Crippen LogP contribution in [0.1, 0.15) is 25.7 Å². The van der Waals surface area contributed by atoms with Gasteiger partial charge in [0, 0.05) is 12.5 Å². The molecule has 1 N–H and O–H groups in total. The molecule has 0 aromatic carbocycles. The summed E-state index contributed by atoms with van der Waals surface area (Å²) < 4.78 is 5.45. The molecule has 15 heavy (non-hydrogen) atoms. The summed E-state index contributed by atoms with van der Waals surface area (Å²) in [6, 6.07) is 0.422. The number of hydrogen-bond acceptors (Lipinski definition) is 3. The monoisotopic (exact) mass is 209 g/mol. The van der Waals surface area contributed by atoms with Gasteiger partial charge in [-0.05, 0) is 31.2 Å². The zero-order valence-corrected chi connectivity index (χ0v) is 9.08. The quantitative estimate of drug-likeness (QED) is 0.699. The maximum Gasteiger partial charge on any atom is 0.142 e. The summed E-state index contributed by atoms with van der Waals surface area (Å²) in [6.45, 7) is 2.41. The molecule has 0 aromatic heterocycles. The fourth-order valence-corrected chi connectivity index (χ4v) is 3.64. The van der Waals surface area contributed by atoms with E-state index < -0.39 is 0 Å². The molecular weight excluding hydrogens is 190 g/mol. The zero-order chi connectivity index (χ0) is 10.3. The molecule has 1 saturated carbocycles. The van der Waals surface area contributed by atoms with E-state index in [1.807, 2.05) is 0 Å². The second-order valence-electron chi connectivity index (χ2n) is 5.19. The lowest BCUT2D eigenvalue weighted by molar-refractivity contribution is -0.132. The third-order valence-corrected chi connectivity index (χ3v) is 4.43. The van der Waals surface area contributed by atoms with Gasteiger partial charge in [0.05, 0.1) is 19.1 Å². The molecule has 0 aromatic rings. The van der Waals surface area contributed by atoms with Crippen molar-refractivity contribution in [2.45, 2.75) is 31.7 Å². The predicted octanol–water partition coefficient (Wildman–Crippen LogP) is 0.980. The van der Waals surface area contributed by atoms with Crippen molar-refractivity contribution in [3.8, 4) is 0 Å². The molecule has 0 amide bonds. The van der Waals surface area contributed by atoms with Gasteiger partial charge in [0.25, 0.3) is 0 Å². The van der Waals surface area contributed by atoms with Crippen LogP contribution in [0.5, 0.6) is 0 Å². The van der Waals surface area contributed by atoms with E-state index in [2.05, 4.69) is 5.32 Å². The Morgan fingerprint density at radius 3 is 3.13 bits per heavy atom. The van der Waals surface area contributed by atoms with Crippen LogP contribution in [-0.4, -0.2) is 31.6 Å². The smallest absolute Gasteiger partial charge is 0.142 e. The van der Waals surface area contributed by atoms with E-state index in [0.717, 1.165) is 18.4 Å². The molecule has 0 spiro atoms. The topological polar surface area (TPSA) is 38.3 Å². The number of ketones is 1. The van der Waals surface area contributed by atoms with Crippen molar-refractivity contribution in [2.75, 3.05) is 19.8 Å². The lowest BCUT2D eigenvalue weighted by Gasteiger charge is -2.30. The SMILES string of the molecule is O=C1CCOCC1C1NCC2CCCC21. The third kappa shape index (κ3) is 1.62. The third-order valence-electron chi connectivity index (χ3n) is 4.43. The van der Waals surface area contributed by atoms with Crippen LogP contribution in [0.25, 0.3) is 0 Å². The Kier molecular flexibility index (Phi) is 2.53. The second kappa shape index (κ2) is 3.87. The summed E-state index contributed by atoms with van der Waals surface area (Å²) in [6.07, 6.45) is 4.65. The molecule has 0 radical (unpaired) electrons. The molecule has 4 unspecified atom stereocenters. The normalized spacial score (nSPS) is 45.7. The number of carbonyl (C=O) groups is 1. The van der Waals surface area contributed by atoms with Gasteiger partial charge in [0.2, 0.25) is 0 Å². The standard InChI is InChI=1S/C12H19NO2/c14-11-4-5-15-7-10(11)12-9-3-1-2-8(9)6-13-12/h8-10,12-13H,1-7H2. The van der Waals surface area contributed by atoms with Crippen LogP contribution in [-0.2, 0) is 9.53 Å². The van der Waals surface area contributed by atoms with Crippen molar-refractivity contribution in [1.82, 2.24) is 5.32 Å². The number of nitrogens with one attached hydrogen (secondary N) is 1. The minimum atomic E-state index is 0.145. The first kappa shape index (κ1) is 9.79. The number of carbonyl (C=O) groups excluding carboxylic acids is 1. The molecule has 3 fully saturated rings. The Bertz CT molecular complexity index is 266. The van der Waals surface area contributed by atoms with Crippen molar-refractivity contribution >= 4 is 5.78 Å². The second-order valence-corrected chi connectivity index (χ2v) is 5.19. The molecule has 4 atom stereocenters. The molecular formula is C12H19NO2. The van der Waals surface area contributed by atoms with Crippen molar-refractivity contribution in [1.29, 1.82) is 0 Å². The highest BCUT2D eigenvalue weighted by Gasteiger charge is 2.45. The van der Waals surface area contributed by atoms with Crippen LogP contribution in [0.4, 0.5) is 0 Å². The maximum atomic E-state index is 11.8. The Morgan fingerprint density at radius 1 is 1.33 bits per heavy atom. The molecule has 84 valence electrons. The van der Waals surface area contributed by atoms with Crippen LogP contribution in [0.15, 0.2) is 0 Å². The van der Waals surface area contributed by atoms with Gasteiger partial charge < -0.3 is 10.1 Å². The Morgan fingerprint density at radius 2 is 2.27 bits per heavy atom. The average molecular weight is 209 g/mol. The van der Waals surface area contributed by atoms with E-state index in [1.165, 1.54) is 19.3 Å². The molecule has 3 heteroatoms. The van der Waals surface area contributed by atoms with Gasteiger partial charge in [-0.1, -0.05) is 6.42 Å². The van der Waals surface area contributed by atoms with Gasteiger partial charge in [-0.2, -0.15) is 0 Å². The van der Waals surface area contributed by atoms with Gasteiger partial charge in [0.15, 0.2) is 0 Å². The van der Waals surface area contributed by atoms with Crippen molar-refractivity contribution in [3.63, 3.8) is 0 Å². The fourth-order valence-electron chi connectivity index (χ4n) is 3.64. The lowest BCUT2D eigenvalue weighted by atomic mass is 9.82. The summed E-state index contributed by atoms with van der Waals surface area (Å²) in [7, 11) is 0. The van der Waals surface area contributed by atoms with E-state index in [-0.39, 0.29) is 5.92 Å². The lowest BCUT2D eigenvalue weighted by Crippen LogP contribution is -2.44. The summed E-state index contributed by atoms with van der Waals surface area (Å²) >= 11 is 0. The van der Waals surface area contributed by atoms with Gasteiger partial charge in [-0.25, -0.2) is 0 Å². The average Bonchev–Trinajstić information content (AvgIpc) is 2.80. The van der Waals surface area contributed by atoms with E-state index in [0.29, 0.717) is 31.5 Å². The molecule has 1 aliphatic carbocycles. The van der Waals surface area contributed by atoms with E-state index in [1.54, 1.807) is 0 Å². The number of Topliss-reactive ketones (excluding diaryl/α,β-unsaturated/α-hetero) is 1. The first-order chi connectivity index (χ1) is 7.36. The highest BCUT2D eigenvalue weighted by molar-refractivity contribution is 5.82. The van der Waals surface area contributed by atoms with Crippen molar-refractivity contribution in [2.24, 2.45) is 17.8 Å². The van der Waals surface area contributed by atoms with Crippen LogP contribution < -0.4 is 5.32 Å². The number of fused-ring (bicyclic) bond motifs is 1.